The van der Waals surface area contributed by atoms with Crippen LogP contribution >= 0.6 is 11.6 Å². The molecule has 2 aromatic carbocycles. The lowest BCUT2D eigenvalue weighted by atomic mass is 10.1. The van der Waals surface area contributed by atoms with Gasteiger partial charge in [0.15, 0.2) is 0 Å². The summed E-state index contributed by atoms with van der Waals surface area (Å²) in [5.74, 6) is -0.734. The third kappa shape index (κ3) is 7.21. The van der Waals surface area contributed by atoms with Crippen LogP contribution in [0.25, 0.3) is 0 Å². The molecule has 9 heteroatoms. The van der Waals surface area contributed by atoms with Crippen molar-refractivity contribution in [1.82, 2.24) is 10.2 Å². The van der Waals surface area contributed by atoms with Gasteiger partial charge >= 0.3 is 0 Å². The molecule has 0 aliphatic rings. The first kappa shape index (κ1) is 27.7. The van der Waals surface area contributed by atoms with Gasteiger partial charge in [-0.3, -0.25) is 13.9 Å². The number of halogens is 1. The second kappa shape index (κ2) is 11.7. The number of nitrogens with one attached hydrogen (secondary N) is 1. The van der Waals surface area contributed by atoms with Crippen LogP contribution in [-0.2, 0) is 26.2 Å². The summed E-state index contributed by atoms with van der Waals surface area (Å²) in [6.07, 6.45) is 1.44. The summed E-state index contributed by atoms with van der Waals surface area (Å²) in [7, 11) is -3.79. The molecule has 186 valence electrons. The summed E-state index contributed by atoms with van der Waals surface area (Å²) >= 11 is 6.05. The molecule has 0 heterocycles. The molecule has 2 aromatic rings. The van der Waals surface area contributed by atoms with Crippen LogP contribution in [0.2, 0.25) is 5.02 Å². The van der Waals surface area contributed by atoms with Crippen molar-refractivity contribution in [1.29, 1.82) is 0 Å². The van der Waals surface area contributed by atoms with Gasteiger partial charge in [-0.2, -0.15) is 0 Å². The summed E-state index contributed by atoms with van der Waals surface area (Å²) < 4.78 is 26.5. The zero-order chi connectivity index (χ0) is 25.6. The normalized spacial score (nSPS) is 12.4. The third-order valence-corrected chi connectivity index (χ3v) is 6.89. The minimum Gasteiger partial charge on any atom is -0.352 e. The molecule has 0 fully saturated rings. The van der Waals surface area contributed by atoms with Crippen LogP contribution in [-0.4, -0.2) is 50.0 Å². The molecule has 1 N–H and O–H groups in total. The van der Waals surface area contributed by atoms with Crippen molar-refractivity contribution in [3.05, 3.63) is 64.2 Å². The minimum absolute atomic E-state index is 0.0961. The number of anilines is 1. The highest BCUT2D eigenvalue weighted by Gasteiger charge is 2.32. The first-order valence-corrected chi connectivity index (χ1v) is 13.5. The summed E-state index contributed by atoms with van der Waals surface area (Å²) in [5.41, 5.74) is 2.87. The maximum atomic E-state index is 13.7. The number of sulfonamides is 1. The van der Waals surface area contributed by atoms with Crippen LogP contribution < -0.4 is 9.62 Å². The average Bonchev–Trinajstić information content (AvgIpc) is 2.72. The van der Waals surface area contributed by atoms with E-state index in [1.807, 2.05) is 52.0 Å². The number of hydrogen-bond donors (Lipinski definition) is 1. The van der Waals surface area contributed by atoms with Crippen molar-refractivity contribution >= 4 is 39.1 Å². The van der Waals surface area contributed by atoms with E-state index < -0.39 is 28.5 Å². The van der Waals surface area contributed by atoms with Crippen LogP contribution in [0.1, 0.15) is 43.9 Å². The molecule has 7 nitrogen and oxygen atoms in total. The predicted molar refractivity (Wildman–Crippen MR) is 137 cm³/mol. The van der Waals surface area contributed by atoms with Crippen LogP contribution in [0.4, 0.5) is 5.69 Å². The van der Waals surface area contributed by atoms with E-state index in [4.69, 9.17) is 11.6 Å². The molecule has 0 saturated carbocycles. The Labute approximate surface area is 208 Å². The number of carbonyl (C=O) groups is 2. The van der Waals surface area contributed by atoms with Crippen LogP contribution in [0, 0.1) is 13.8 Å². The third-order valence-electron chi connectivity index (χ3n) is 5.53. The molecule has 0 unspecified atom stereocenters. The quantitative estimate of drug-likeness (QED) is 0.525. The Bertz CT molecular complexity index is 1130. The molecule has 0 bridgehead atoms. The van der Waals surface area contributed by atoms with Gasteiger partial charge in [0.25, 0.3) is 0 Å². The van der Waals surface area contributed by atoms with Crippen molar-refractivity contribution in [3.8, 4) is 0 Å². The van der Waals surface area contributed by atoms with Crippen LogP contribution in [0.15, 0.2) is 42.5 Å². The standard InChI is InChI=1S/C25H34ClN3O4S/c1-7-22(25(31)27-17(2)3)28(15-20-11-9-8-10-18(20)4)24(30)16-29(34(6,32)33)23-13-12-21(26)14-19(23)5/h8-14,17,22H,7,15-16H2,1-6H3,(H,27,31)/t22-/m1/s1. The van der Waals surface area contributed by atoms with Crippen molar-refractivity contribution < 1.29 is 18.0 Å². The summed E-state index contributed by atoms with van der Waals surface area (Å²) in [6, 6.07) is 11.6. The van der Waals surface area contributed by atoms with E-state index >= 15 is 0 Å². The number of hydrogen-bond acceptors (Lipinski definition) is 4. The molecule has 0 aliphatic heterocycles. The van der Waals surface area contributed by atoms with Gasteiger partial charge in [0.1, 0.15) is 12.6 Å². The minimum atomic E-state index is -3.79. The Balaban J connectivity index is 2.49. The fourth-order valence-corrected chi connectivity index (χ4v) is 4.90. The van der Waals surface area contributed by atoms with Gasteiger partial charge in [-0.15, -0.1) is 0 Å². The topological polar surface area (TPSA) is 86.8 Å². The van der Waals surface area contributed by atoms with Crippen molar-refractivity contribution in [3.63, 3.8) is 0 Å². The lowest BCUT2D eigenvalue weighted by molar-refractivity contribution is -0.140. The zero-order valence-electron chi connectivity index (χ0n) is 20.6. The molecule has 1 atom stereocenters. The SMILES string of the molecule is CC[C@H](C(=O)NC(C)C)N(Cc1ccccc1C)C(=O)CN(c1ccc(Cl)cc1C)S(C)(=O)=O. The van der Waals surface area contributed by atoms with Crippen LogP contribution in [0.5, 0.6) is 0 Å². The first-order chi connectivity index (χ1) is 15.8. The highest BCUT2D eigenvalue weighted by molar-refractivity contribution is 7.92. The number of nitrogens with zero attached hydrogens (tertiary/aromatic N) is 2. The first-order valence-electron chi connectivity index (χ1n) is 11.2. The maximum absolute atomic E-state index is 13.7. The Hall–Kier alpha value is -2.58. The number of benzene rings is 2. The number of amides is 2. The van der Waals surface area contributed by atoms with Crippen molar-refractivity contribution in [2.45, 2.75) is 59.7 Å². The van der Waals surface area contributed by atoms with Gasteiger partial charge in [0.2, 0.25) is 21.8 Å². The predicted octanol–water partition coefficient (Wildman–Crippen LogP) is 4.05. The van der Waals surface area contributed by atoms with Gasteiger partial charge in [0, 0.05) is 17.6 Å². The number of carbonyl (C=O) groups excluding carboxylic acids is 2. The van der Waals surface area contributed by atoms with Gasteiger partial charge in [0.05, 0.1) is 11.9 Å². The van der Waals surface area contributed by atoms with Gasteiger partial charge in [-0.05, 0) is 69.0 Å². The number of aryl methyl sites for hydroxylation is 2. The molecule has 0 saturated heterocycles. The Morgan fingerprint density at radius 3 is 2.24 bits per heavy atom. The van der Waals surface area contributed by atoms with E-state index in [2.05, 4.69) is 5.32 Å². The van der Waals surface area contributed by atoms with Gasteiger partial charge < -0.3 is 10.2 Å². The second-order valence-electron chi connectivity index (χ2n) is 8.74. The summed E-state index contributed by atoms with van der Waals surface area (Å²) in [5, 5.41) is 3.35. The molecule has 0 spiro atoms. The van der Waals surface area contributed by atoms with E-state index in [1.54, 1.807) is 25.1 Å². The Morgan fingerprint density at radius 1 is 1.06 bits per heavy atom. The Morgan fingerprint density at radius 2 is 1.71 bits per heavy atom. The van der Waals surface area contributed by atoms with Gasteiger partial charge in [-0.25, -0.2) is 8.42 Å². The maximum Gasteiger partial charge on any atom is 0.244 e. The molecule has 0 radical (unpaired) electrons. The zero-order valence-corrected chi connectivity index (χ0v) is 22.2. The van der Waals surface area contributed by atoms with E-state index in [9.17, 15) is 18.0 Å². The molecular weight excluding hydrogens is 474 g/mol. The lowest BCUT2D eigenvalue weighted by Crippen LogP contribution is -2.53. The number of rotatable bonds is 10. The highest BCUT2D eigenvalue weighted by atomic mass is 35.5. The lowest BCUT2D eigenvalue weighted by Gasteiger charge is -2.33. The Kier molecular flexibility index (Phi) is 9.53. The molecule has 2 rings (SSSR count). The molecule has 0 aliphatic carbocycles. The molecule has 0 aromatic heterocycles. The average molecular weight is 508 g/mol. The smallest absolute Gasteiger partial charge is 0.244 e. The van der Waals surface area contributed by atoms with Crippen molar-refractivity contribution in [2.24, 2.45) is 0 Å². The van der Waals surface area contributed by atoms with E-state index in [0.717, 1.165) is 21.7 Å². The summed E-state index contributed by atoms with van der Waals surface area (Å²) in [4.78, 5) is 28.1. The monoisotopic (exact) mass is 507 g/mol. The fourth-order valence-electron chi connectivity index (χ4n) is 3.76. The molecular formula is C25H34ClN3O4S. The largest absolute Gasteiger partial charge is 0.352 e. The van der Waals surface area contributed by atoms with E-state index in [0.29, 0.717) is 22.7 Å². The van der Waals surface area contributed by atoms with Crippen molar-refractivity contribution in [2.75, 3.05) is 17.1 Å². The molecule has 34 heavy (non-hydrogen) atoms. The highest BCUT2D eigenvalue weighted by Crippen LogP contribution is 2.26. The summed E-state index contributed by atoms with van der Waals surface area (Å²) in [6.45, 7) is 8.97. The molecule has 2 amide bonds. The van der Waals surface area contributed by atoms with E-state index in [-0.39, 0.29) is 18.5 Å². The van der Waals surface area contributed by atoms with E-state index in [1.165, 1.54) is 4.90 Å². The van der Waals surface area contributed by atoms with Crippen LogP contribution in [0.3, 0.4) is 0 Å². The fraction of sp³-hybridized carbons (Fsp3) is 0.440. The van der Waals surface area contributed by atoms with Gasteiger partial charge in [-0.1, -0.05) is 42.8 Å². The second-order valence-corrected chi connectivity index (χ2v) is 11.1.